The molecule has 1 aromatic heterocycles. The van der Waals surface area contributed by atoms with Crippen LogP contribution < -0.4 is 10.6 Å². The number of amides is 3. The molecule has 1 aliphatic heterocycles. The molecule has 0 radical (unpaired) electrons. The fraction of sp³-hybridized carbons (Fsp3) is 0.303. The number of anilines is 1. The number of carbonyl (C=O) groups excluding carboxylic acids is 2. The molecule has 234 valence electrons. The van der Waals surface area contributed by atoms with E-state index in [0.29, 0.717) is 30.2 Å². The number of aromatic amines is 1. The van der Waals surface area contributed by atoms with E-state index in [0.717, 1.165) is 16.7 Å². The van der Waals surface area contributed by atoms with Crippen molar-refractivity contribution in [1.29, 1.82) is 0 Å². The van der Waals surface area contributed by atoms with E-state index >= 15 is 0 Å². The Bertz CT molecular complexity index is 1560. The first-order chi connectivity index (χ1) is 21.8. The summed E-state index contributed by atoms with van der Waals surface area (Å²) in [7, 11) is 1.26. The summed E-state index contributed by atoms with van der Waals surface area (Å²) in [6, 6.07) is 24.8. The standard InChI is InChI=1S/C33H36N6O6/c1-21-34-30(38-37-21)27-20-45-25(19-39(27)33(42)43)18-17-22-11-9-10-16-26(22)35-31(40)29(36-32(41)44-2)28(23-12-5-3-6-13-23)24-14-7-4-8-15-24/h3-16,25,27-29H,17-20H2,1-2H3,(H,35,40)(H,36,41)(H,42,43)(H,34,37,38)/t25-,27+,29+/m1/s1. The van der Waals surface area contributed by atoms with Crippen molar-refractivity contribution in [1.82, 2.24) is 25.4 Å². The van der Waals surface area contributed by atoms with Crippen LogP contribution >= 0.6 is 0 Å². The minimum absolute atomic E-state index is 0.133. The van der Waals surface area contributed by atoms with Crippen LogP contribution in [0.25, 0.3) is 0 Å². The van der Waals surface area contributed by atoms with Crippen molar-refractivity contribution in [3.05, 3.63) is 113 Å². The Balaban J connectivity index is 1.33. The number of benzene rings is 3. The number of para-hydroxylation sites is 1. The van der Waals surface area contributed by atoms with E-state index in [2.05, 4.69) is 25.8 Å². The van der Waals surface area contributed by atoms with Gasteiger partial charge in [0.1, 0.15) is 17.9 Å². The molecule has 45 heavy (non-hydrogen) atoms. The maximum absolute atomic E-state index is 14.0. The molecule has 3 amide bonds. The van der Waals surface area contributed by atoms with Gasteiger partial charge in [0.25, 0.3) is 0 Å². The maximum atomic E-state index is 14.0. The van der Waals surface area contributed by atoms with Crippen molar-refractivity contribution in [2.75, 3.05) is 25.6 Å². The average molecular weight is 613 g/mol. The van der Waals surface area contributed by atoms with E-state index in [9.17, 15) is 19.5 Å². The number of nitrogens with one attached hydrogen (secondary N) is 3. The third-order valence-corrected chi connectivity index (χ3v) is 7.83. The summed E-state index contributed by atoms with van der Waals surface area (Å²) < 4.78 is 10.9. The molecule has 2 heterocycles. The number of alkyl carbamates (subject to hydrolysis) is 1. The Kier molecular flexibility index (Phi) is 10.1. The Morgan fingerprint density at radius 3 is 2.27 bits per heavy atom. The summed E-state index contributed by atoms with van der Waals surface area (Å²) in [5, 5.41) is 22.5. The lowest BCUT2D eigenvalue weighted by atomic mass is 9.84. The quantitative estimate of drug-likeness (QED) is 0.201. The van der Waals surface area contributed by atoms with Crippen LogP contribution in [0.2, 0.25) is 0 Å². The number of carbonyl (C=O) groups is 3. The van der Waals surface area contributed by atoms with Gasteiger partial charge in [-0.2, -0.15) is 5.10 Å². The molecular weight excluding hydrogens is 576 g/mol. The van der Waals surface area contributed by atoms with Crippen LogP contribution in [0.3, 0.4) is 0 Å². The van der Waals surface area contributed by atoms with Crippen molar-refractivity contribution >= 4 is 23.8 Å². The Labute approximate surface area is 260 Å². The van der Waals surface area contributed by atoms with Gasteiger partial charge in [-0.05, 0) is 42.5 Å². The van der Waals surface area contributed by atoms with Gasteiger partial charge in [0, 0.05) is 11.6 Å². The largest absolute Gasteiger partial charge is 0.465 e. The lowest BCUT2D eigenvalue weighted by molar-refractivity contribution is -0.118. The van der Waals surface area contributed by atoms with Gasteiger partial charge in [-0.1, -0.05) is 78.9 Å². The third-order valence-electron chi connectivity index (χ3n) is 7.83. The highest BCUT2D eigenvalue weighted by atomic mass is 16.5. The summed E-state index contributed by atoms with van der Waals surface area (Å²) in [5.74, 6) is 0.0537. The van der Waals surface area contributed by atoms with Gasteiger partial charge in [-0.3, -0.25) is 14.8 Å². The van der Waals surface area contributed by atoms with E-state index < -0.39 is 36.1 Å². The van der Waals surface area contributed by atoms with Crippen LogP contribution in [-0.4, -0.2) is 75.7 Å². The van der Waals surface area contributed by atoms with Crippen molar-refractivity contribution < 1.29 is 29.0 Å². The zero-order valence-corrected chi connectivity index (χ0v) is 25.1. The molecule has 4 aromatic rings. The van der Waals surface area contributed by atoms with Crippen molar-refractivity contribution in [3.63, 3.8) is 0 Å². The molecular formula is C33H36N6O6. The van der Waals surface area contributed by atoms with E-state index in [1.54, 1.807) is 13.0 Å². The Morgan fingerprint density at radius 1 is 1.02 bits per heavy atom. The number of nitrogens with zero attached hydrogens (tertiary/aromatic N) is 3. The lowest BCUT2D eigenvalue weighted by Crippen LogP contribution is -2.48. The van der Waals surface area contributed by atoms with Gasteiger partial charge < -0.3 is 25.2 Å². The number of carboxylic acid groups (broad SMARTS) is 1. The Morgan fingerprint density at radius 2 is 1.67 bits per heavy atom. The summed E-state index contributed by atoms with van der Waals surface area (Å²) in [4.78, 5) is 44.2. The van der Waals surface area contributed by atoms with Gasteiger partial charge in [0.2, 0.25) is 5.91 Å². The predicted molar refractivity (Wildman–Crippen MR) is 166 cm³/mol. The zero-order valence-electron chi connectivity index (χ0n) is 25.1. The van der Waals surface area contributed by atoms with Crippen LogP contribution in [0.1, 0.15) is 46.7 Å². The number of methoxy groups -OCH3 is 1. The Hall–Kier alpha value is -5.23. The highest BCUT2D eigenvalue weighted by Crippen LogP contribution is 2.30. The number of aryl methyl sites for hydroxylation is 2. The molecule has 3 aromatic carbocycles. The second kappa shape index (κ2) is 14.5. The molecule has 0 aliphatic carbocycles. The molecule has 12 heteroatoms. The highest BCUT2D eigenvalue weighted by Gasteiger charge is 2.36. The SMILES string of the molecule is COC(=O)N[C@H](C(=O)Nc1ccccc1CC[C@@H]1CN(C(=O)O)[C@H](c2n[nH]c(C)n2)CO1)C(c1ccccc1)c1ccccc1. The second-order valence-electron chi connectivity index (χ2n) is 10.8. The number of hydrogen-bond donors (Lipinski definition) is 4. The molecule has 1 saturated heterocycles. The fourth-order valence-corrected chi connectivity index (χ4v) is 5.60. The van der Waals surface area contributed by atoms with Crippen LogP contribution in [0, 0.1) is 6.92 Å². The molecule has 0 saturated carbocycles. The van der Waals surface area contributed by atoms with Gasteiger partial charge >= 0.3 is 12.2 Å². The highest BCUT2D eigenvalue weighted by molar-refractivity contribution is 5.98. The number of H-pyrrole nitrogens is 1. The van der Waals surface area contributed by atoms with E-state index in [1.165, 1.54) is 12.0 Å². The van der Waals surface area contributed by atoms with Crippen molar-refractivity contribution in [2.45, 2.75) is 43.9 Å². The van der Waals surface area contributed by atoms with Gasteiger partial charge in [-0.25, -0.2) is 14.6 Å². The van der Waals surface area contributed by atoms with Gasteiger partial charge in [-0.15, -0.1) is 0 Å². The van der Waals surface area contributed by atoms with Crippen LogP contribution in [0.15, 0.2) is 84.9 Å². The topological polar surface area (TPSA) is 159 Å². The molecule has 0 unspecified atom stereocenters. The predicted octanol–water partition coefficient (Wildman–Crippen LogP) is 4.66. The first kappa shape index (κ1) is 31.2. The number of hydrogen-bond acceptors (Lipinski definition) is 7. The normalized spacial score (nSPS) is 17.0. The number of morpholine rings is 1. The first-order valence-corrected chi connectivity index (χ1v) is 14.7. The number of ether oxygens (including phenoxy) is 2. The molecule has 4 N–H and O–H groups in total. The monoisotopic (exact) mass is 612 g/mol. The first-order valence-electron chi connectivity index (χ1n) is 14.7. The van der Waals surface area contributed by atoms with Gasteiger partial charge in [0.05, 0.1) is 26.4 Å². The number of rotatable bonds is 10. The molecule has 0 spiro atoms. The summed E-state index contributed by atoms with van der Waals surface area (Å²) >= 11 is 0. The van der Waals surface area contributed by atoms with Crippen LogP contribution in [-0.2, 0) is 20.7 Å². The van der Waals surface area contributed by atoms with Crippen molar-refractivity contribution in [3.8, 4) is 0 Å². The fourth-order valence-electron chi connectivity index (χ4n) is 5.60. The van der Waals surface area contributed by atoms with Crippen LogP contribution in [0.4, 0.5) is 15.3 Å². The van der Waals surface area contributed by atoms with E-state index in [-0.39, 0.29) is 19.3 Å². The number of aromatic nitrogens is 3. The summed E-state index contributed by atoms with van der Waals surface area (Å²) in [6.45, 7) is 2.04. The minimum atomic E-state index is -1.07. The second-order valence-corrected chi connectivity index (χ2v) is 10.8. The molecule has 1 fully saturated rings. The molecule has 12 nitrogen and oxygen atoms in total. The molecule has 0 bridgehead atoms. The van der Waals surface area contributed by atoms with Crippen LogP contribution in [0.5, 0.6) is 0 Å². The lowest BCUT2D eigenvalue weighted by Gasteiger charge is -2.36. The minimum Gasteiger partial charge on any atom is -0.465 e. The summed E-state index contributed by atoms with van der Waals surface area (Å²) in [5.41, 5.74) is 3.13. The zero-order chi connectivity index (χ0) is 31.8. The maximum Gasteiger partial charge on any atom is 0.408 e. The van der Waals surface area contributed by atoms with Crippen molar-refractivity contribution in [2.24, 2.45) is 0 Å². The third kappa shape index (κ3) is 7.65. The average Bonchev–Trinajstić information content (AvgIpc) is 3.50. The van der Waals surface area contributed by atoms with Gasteiger partial charge in [0.15, 0.2) is 5.82 Å². The van der Waals surface area contributed by atoms with E-state index in [1.807, 2.05) is 78.9 Å². The smallest absolute Gasteiger partial charge is 0.408 e. The van der Waals surface area contributed by atoms with E-state index in [4.69, 9.17) is 9.47 Å². The molecule has 5 rings (SSSR count). The molecule has 3 atom stereocenters. The summed E-state index contributed by atoms with van der Waals surface area (Å²) in [6.07, 6.45) is -1.14. The molecule has 1 aliphatic rings.